The number of ether oxygens (including phenoxy) is 1. The Hall–Kier alpha value is -2.17. The molecule has 0 amide bonds. The number of carbonyl (C=O) groups excluding carboxylic acids is 1. The summed E-state index contributed by atoms with van der Waals surface area (Å²) in [7, 11) is -3.58. The van der Waals surface area contributed by atoms with E-state index in [1.165, 1.54) is 11.3 Å². The first-order valence-electron chi connectivity index (χ1n) is 9.25. The standard InChI is InChI=1S/C14H18N4O2S2.C5H10O2/c15-11-5-8-18(9-6-11)12-1-3-13(4-2-12)22(19,20)17-14-16-7-10-21-14;1-5(2,3)7-4-6/h1-4,7,10-11H,5-6,8-9,15H2,(H,16,17);4H,1-3H3. The van der Waals surface area contributed by atoms with E-state index in [1.54, 1.807) is 23.7 Å². The van der Waals surface area contributed by atoms with Gasteiger partial charge in [0.05, 0.1) is 4.90 Å². The van der Waals surface area contributed by atoms with E-state index in [0.29, 0.717) is 11.6 Å². The van der Waals surface area contributed by atoms with Crippen LogP contribution in [0.3, 0.4) is 0 Å². The number of benzene rings is 1. The molecule has 1 aliphatic heterocycles. The number of carbonyl (C=O) groups is 1. The van der Waals surface area contributed by atoms with Gasteiger partial charge in [-0.3, -0.25) is 9.52 Å². The Bertz CT molecular complexity index is 855. The first kappa shape index (κ1) is 23.1. The smallest absolute Gasteiger partial charge is 0.293 e. The van der Waals surface area contributed by atoms with Crippen molar-refractivity contribution in [2.45, 2.75) is 50.2 Å². The van der Waals surface area contributed by atoms with E-state index in [4.69, 9.17) is 5.73 Å². The summed E-state index contributed by atoms with van der Waals surface area (Å²) in [6.07, 6.45) is 3.49. The minimum atomic E-state index is -3.58. The maximum Gasteiger partial charge on any atom is 0.293 e. The monoisotopic (exact) mass is 440 g/mol. The van der Waals surface area contributed by atoms with Crippen molar-refractivity contribution in [3.8, 4) is 0 Å². The van der Waals surface area contributed by atoms with Crippen molar-refractivity contribution in [1.82, 2.24) is 4.98 Å². The molecule has 2 aromatic rings. The van der Waals surface area contributed by atoms with Crippen LogP contribution in [0.15, 0.2) is 40.7 Å². The van der Waals surface area contributed by atoms with Crippen LogP contribution in [0.25, 0.3) is 0 Å². The maximum atomic E-state index is 12.3. The van der Waals surface area contributed by atoms with Crippen LogP contribution in [-0.2, 0) is 19.6 Å². The van der Waals surface area contributed by atoms with Gasteiger partial charge in [-0.2, -0.15) is 0 Å². The normalized spacial score (nSPS) is 15.2. The number of nitrogens with one attached hydrogen (secondary N) is 1. The van der Waals surface area contributed by atoms with Crippen LogP contribution in [0.4, 0.5) is 10.8 Å². The Balaban J connectivity index is 0.000000370. The highest BCUT2D eigenvalue weighted by molar-refractivity contribution is 7.93. The summed E-state index contributed by atoms with van der Waals surface area (Å²) in [5.41, 5.74) is 6.61. The second kappa shape index (κ2) is 10.0. The Morgan fingerprint density at radius 1 is 1.24 bits per heavy atom. The van der Waals surface area contributed by atoms with E-state index in [0.717, 1.165) is 31.6 Å². The molecule has 10 heteroatoms. The van der Waals surface area contributed by atoms with Crippen molar-refractivity contribution in [3.05, 3.63) is 35.8 Å². The number of thiazole rings is 1. The van der Waals surface area contributed by atoms with E-state index in [-0.39, 0.29) is 16.5 Å². The highest BCUT2D eigenvalue weighted by atomic mass is 32.2. The van der Waals surface area contributed by atoms with Crippen LogP contribution in [0.2, 0.25) is 0 Å². The van der Waals surface area contributed by atoms with Gasteiger partial charge in [-0.05, 0) is 57.9 Å². The molecule has 0 bridgehead atoms. The minimum absolute atomic E-state index is 0.236. The molecule has 3 N–H and O–H groups in total. The molecule has 29 heavy (non-hydrogen) atoms. The third-order valence-electron chi connectivity index (χ3n) is 4.11. The van der Waals surface area contributed by atoms with E-state index in [9.17, 15) is 13.2 Å². The lowest BCUT2D eigenvalue weighted by Crippen LogP contribution is -2.39. The van der Waals surface area contributed by atoms with Crippen LogP contribution < -0.4 is 15.4 Å². The zero-order chi connectivity index (χ0) is 21.5. The van der Waals surface area contributed by atoms with Crippen molar-refractivity contribution in [3.63, 3.8) is 0 Å². The Labute approximate surface area is 176 Å². The molecule has 160 valence electrons. The first-order valence-corrected chi connectivity index (χ1v) is 11.6. The molecule has 1 fully saturated rings. The summed E-state index contributed by atoms with van der Waals surface area (Å²) in [5, 5.41) is 2.09. The number of piperidine rings is 1. The molecule has 1 aromatic carbocycles. The quantitative estimate of drug-likeness (QED) is 0.687. The molecule has 1 aromatic heterocycles. The fourth-order valence-electron chi connectivity index (χ4n) is 2.59. The second-order valence-corrected chi connectivity index (χ2v) is 10.2. The molecule has 0 spiro atoms. The van der Waals surface area contributed by atoms with Gasteiger partial charge in [-0.15, -0.1) is 11.3 Å². The maximum absolute atomic E-state index is 12.3. The zero-order valence-corrected chi connectivity index (χ0v) is 18.5. The average molecular weight is 441 g/mol. The molecular formula is C19H28N4O4S2. The van der Waals surface area contributed by atoms with Crippen LogP contribution in [0.1, 0.15) is 33.6 Å². The number of sulfonamides is 1. The van der Waals surface area contributed by atoms with Crippen molar-refractivity contribution in [2.24, 2.45) is 5.73 Å². The summed E-state index contributed by atoms with van der Waals surface area (Å²) in [6, 6.07) is 7.21. The van der Waals surface area contributed by atoms with Crippen LogP contribution in [0.5, 0.6) is 0 Å². The van der Waals surface area contributed by atoms with Gasteiger partial charge < -0.3 is 15.4 Å². The third kappa shape index (κ3) is 7.64. The Morgan fingerprint density at radius 3 is 2.31 bits per heavy atom. The molecule has 0 aliphatic carbocycles. The van der Waals surface area contributed by atoms with Crippen LogP contribution in [0, 0.1) is 0 Å². The molecule has 0 atom stereocenters. The Morgan fingerprint density at radius 2 is 1.86 bits per heavy atom. The molecular weight excluding hydrogens is 412 g/mol. The second-order valence-electron chi connectivity index (χ2n) is 7.59. The summed E-state index contributed by atoms with van der Waals surface area (Å²) >= 11 is 1.25. The molecule has 3 rings (SSSR count). The van der Waals surface area contributed by atoms with Gasteiger partial charge >= 0.3 is 0 Å². The van der Waals surface area contributed by atoms with Gasteiger partial charge in [0.2, 0.25) is 0 Å². The van der Waals surface area contributed by atoms with Gasteiger partial charge in [-0.1, -0.05) is 0 Å². The number of anilines is 2. The fourth-order valence-corrected chi connectivity index (χ4v) is 4.37. The summed E-state index contributed by atoms with van der Waals surface area (Å²) in [5.74, 6) is 0. The number of hydrogen-bond donors (Lipinski definition) is 2. The molecule has 0 radical (unpaired) electrons. The summed E-state index contributed by atoms with van der Waals surface area (Å²) in [4.78, 5) is 16.0. The molecule has 0 unspecified atom stereocenters. The topological polar surface area (TPSA) is 115 Å². The number of rotatable bonds is 5. The lowest BCUT2D eigenvalue weighted by Gasteiger charge is -2.32. The van der Waals surface area contributed by atoms with Crippen LogP contribution >= 0.6 is 11.3 Å². The molecule has 8 nitrogen and oxygen atoms in total. The third-order valence-corrected chi connectivity index (χ3v) is 6.28. The Kier molecular flexibility index (Phi) is 8.00. The fraction of sp³-hybridized carbons (Fsp3) is 0.474. The van der Waals surface area contributed by atoms with Crippen molar-refractivity contribution in [1.29, 1.82) is 0 Å². The van der Waals surface area contributed by atoms with E-state index >= 15 is 0 Å². The van der Waals surface area contributed by atoms with Gasteiger partial charge in [0.1, 0.15) is 5.60 Å². The minimum Gasteiger partial charge on any atom is -0.462 e. The molecule has 1 aliphatic rings. The number of aromatic nitrogens is 1. The largest absolute Gasteiger partial charge is 0.462 e. The van der Waals surface area contributed by atoms with Crippen molar-refractivity contribution >= 4 is 38.7 Å². The number of nitrogens with zero attached hydrogens (tertiary/aromatic N) is 2. The predicted molar refractivity (Wildman–Crippen MR) is 116 cm³/mol. The molecule has 1 saturated heterocycles. The highest BCUT2D eigenvalue weighted by Gasteiger charge is 2.19. The SMILES string of the molecule is CC(C)(C)OC=O.NC1CCN(c2ccc(S(=O)(=O)Nc3nccs3)cc2)CC1. The summed E-state index contributed by atoms with van der Waals surface area (Å²) < 4.78 is 31.5. The molecule has 2 heterocycles. The molecule has 0 saturated carbocycles. The van der Waals surface area contributed by atoms with E-state index in [2.05, 4.69) is 19.3 Å². The van der Waals surface area contributed by atoms with Gasteiger partial charge in [0.15, 0.2) is 5.13 Å². The van der Waals surface area contributed by atoms with E-state index < -0.39 is 10.0 Å². The number of nitrogens with two attached hydrogens (primary N) is 1. The van der Waals surface area contributed by atoms with Crippen LogP contribution in [-0.4, -0.2) is 44.6 Å². The number of hydrogen-bond acceptors (Lipinski definition) is 8. The van der Waals surface area contributed by atoms with Gasteiger partial charge in [0.25, 0.3) is 16.5 Å². The predicted octanol–water partition coefficient (Wildman–Crippen LogP) is 2.83. The van der Waals surface area contributed by atoms with Gasteiger partial charge in [0, 0.05) is 36.4 Å². The first-order chi connectivity index (χ1) is 13.6. The summed E-state index contributed by atoms with van der Waals surface area (Å²) in [6.45, 7) is 7.74. The lowest BCUT2D eigenvalue weighted by atomic mass is 10.1. The average Bonchev–Trinajstić information content (AvgIpc) is 3.14. The van der Waals surface area contributed by atoms with Gasteiger partial charge in [-0.25, -0.2) is 13.4 Å². The zero-order valence-electron chi connectivity index (χ0n) is 16.9. The van der Waals surface area contributed by atoms with E-state index in [1.807, 2.05) is 32.9 Å². The highest BCUT2D eigenvalue weighted by Crippen LogP contribution is 2.23. The van der Waals surface area contributed by atoms with Crippen molar-refractivity contribution in [2.75, 3.05) is 22.7 Å². The lowest BCUT2D eigenvalue weighted by molar-refractivity contribution is -0.138. The van der Waals surface area contributed by atoms with Crippen molar-refractivity contribution < 1.29 is 17.9 Å².